The van der Waals surface area contributed by atoms with Crippen molar-refractivity contribution in [2.24, 2.45) is 0 Å². The number of benzene rings is 2. The molecule has 0 saturated heterocycles. The summed E-state index contributed by atoms with van der Waals surface area (Å²) in [4.78, 5) is 12.2. The number of ether oxygens (including phenoxy) is 1. The van der Waals surface area contributed by atoms with E-state index in [2.05, 4.69) is 5.32 Å². The lowest BCUT2D eigenvalue weighted by Crippen LogP contribution is -2.08. The summed E-state index contributed by atoms with van der Waals surface area (Å²) in [6, 6.07) is 11.9. The van der Waals surface area contributed by atoms with Crippen LogP contribution in [0.4, 0.5) is 5.69 Å². The predicted octanol–water partition coefficient (Wildman–Crippen LogP) is 5.66. The Morgan fingerprint density at radius 2 is 1.65 bits per heavy atom. The summed E-state index contributed by atoms with van der Waals surface area (Å²) < 4.78 is 5.09. The molecule has 1 N–H and O–H groups in total. The molecule has 6 heteroatoms. The van der Waals surface area contributed by atoms with Crippen LogP contribution in [0.1, 0.15) is 12.5 Å². The molecule has 0 bridgehead atoms. The van der Waals surface area contributed by atoms with E-state index >= 15 is 0 Å². The third-order valence-corrected chi connectivity index (χ3v) is 3.58. The minimum absolute atomic E-state index is 0.284. The first-order valence-electron chi connectivity index (χ1n) is 6.85. The van der Waals surface area contributed by atoms with Gasteiger partial charge < -0.3 is 10.1 Å². The standard InChI is InChI=1S/C17H14Cl3NO2/c1-2-23-17(22)16(11-3-5-12(18)6-4-11)10-21-15-8-13(19)7-14(20)9-15/h3-10,21H,2H2,1H3/b16-10-. The van der Waals surface area contributed by atoms with Crippen LogP contribution in [0, 0.1) is 0 Å². The van der Waals surface area contributed by atoms with E-state index in [0.717, 1.165) is 0 Å². The van der Waals surface area contributed by atoms with Crippen molar-refractivity contribution in [3.63, 3.8) is 0 Å². The number of halogens is 3. The predicted molar refractivity (Wildman–Crippen MR) is 96.1 cm³/mol. The third-order valence-electron chi connectivity index (χ3n) is 2.90. The highest BCUT2D eigenvalue weighted by molar-refractivity contribution is 6.35. The van der Waals surface area contributed by atoms with E-state index in [0.29, 0.717) is 31.9 Å². The molecule has 120 valence electrons. The molecule has 0 heterocycles. The second-order valence-electron chi connectivity index (χ2n) is 4.59. The van der Waals surface area contributed by atoms with Gasteiger partial charge in [-0.1, -0.05) is 46.9 Å². The Kier molecular flexibility index (Phi) is 6.34. The molecule has 0 aliphatic carbocycles. The number of hydrogen-bond acceptors (Lipinski definition) is 3. The fraction of sp³-hybridized carbons (Fsp3) is 0.118. The lowest BCUT2D eigenvalue weighted by molar-refractivity contribution is -0.136. The molecule has 23 heavy (non-hydrogen) atoms. The molecule has 0 aliphatic rings. The molecule has 0 radical (unpaired) electrons. The topological polar surface area (TPSA) is 38.3 Å². The van der Waals surface area contributed by atoms with Gasteiger partial charge >= 0.3 is 5.97 Å². The molecular formula is C17H14Cl3NO2. The van der Waals surface area contributed by atoms with E-state index in [1.54, 1.807) is 55.6 Å². The normalized spacial score (nSPS) is 11.2. The maximum atomic E-state index is 12.2. The second-order valence-corrected chi connectivity index (χ2v) is 5.90. The minimum Gasteiger partial charge on any atom is -0.462 e. The summed E-state index contributed by atoms with van der Waals surface area (Å²) in [5, 5.41) is 4.60. The maximum absolute atomic E-state index is 12.2. The van der Waals surface area contributed by atoms with Crippen LogP contribution in [-0.2, 0) is 9.53 Å². The number of carbonyl (C=O) groups is 1. The minimum atomic E-state index is -0.435. The Labute approximate surface area is 149 Å². The summed E-state index contributed by atoms with van der Waals surface area (Å²) in [6.07, 6.45) is 1.56. The first-order valence-corrected chi connectivity index (χ1v) is 7.99. The van der Waals surface area contributed by atoms with E-state index in [-0.39, 0.29) is 6.61 Å². The van der Waals surface area contributed by atoms with Crippen molar-refractivity contribution in [1.82, 2.24) is 0 Å². The van der Waals surface area contributed by atoms with Crippen molar-refractivity contribution in [1.29, 1.82) is 0 Å². The largest absolute Gasteiger partial charge is 0.462 e. The van der Waals surface area contributed by atoms with Crippen LogP contribution < -0.4 is 5.32 Å². The fourth-order valence-electron chi connectivity index (χ4n) is 1.89. The van der Waals surface area contributed by atoms with E-state index in [1.807, 2.05) is 0 Å². The molecule has 0 amide bonds. The van der Waals surface area contributed by atoms with Crippen molar-refractivity contribution < 1.29 is 9.53 Å². The van der Waals surface area contributed by atoms with Crippen LogP contribution in [0.25, 0.3) is 5.57 Å². The quantitative estimate of drug-likeness (QED) is 0.545. The lowest BCUT2D eigenvalue weighted by Gasteiger charge is -2.09. The molecule has 2 aromatic carbocycles. The first kappa shape index (κ1) is 17.7. The molecule has 0 unspecified atom stereocenters. The summed E-state index contributed by atoms with van der Waals surface area (Å²) in [7, 11) is 0. The molecule has 2 rings (SSSR count). The highest BCUT2D eigenvalue weighted by Crippen LogP contribution is 2.24. The summed E-state index contributed by atoms with van der Waals surface area (Å²) >= 11 is 17.8. The van der Waals surface area contributed by atoms with Gasteiger partial charge in [0, 0.05) is 27.0 Å². The fourth-order valence-corrected chi connectivity index (χ4v) is 2.54. The van der Waals surface area contributed by atoms with Gasteiger partial charge in [-0.3, -0.25) is 0 Å². The Morgan fingerprint density at radius 3 is 2.22 bits per heavy atom. The van der Waals surface area contributed by atoms with E-state index in [4.69, 9.17) is 39.5 Å². The first-order chi connectivity index (χ1) is 11.0. The molecule has 0 atom stereocenters. The average Bonchev–Trinajstić information content (AvgIpc) is 2.48. The van der Waals surface area contributed by atoms with Crippen LogP contribution >= 0.6 is 34.8 Å². The van der Waals surface area contributed by atoms with Crippen LogP contribution in [-0.4, -0.2) is 12.6 Å². The number of rotatable bonds is 5. The summed E-state index contributed by atoms with van der Waals surface area (Å²) in [5.74, 6) is -0.435. The van der Waals surface area contributed by atoms with Crippen LogP contribution in [0.3, 0.4) is 0 Å². The summed E-state index contributed by atoms with van der Waals surface area (Å²) in [5.41, 5.74) is 1.73. The monoisotopic (exact) mass is 369 g/mol. The van der Waals surface area contributed by atoms with Crippen molar-refractivity contribution >= 4 is 52.0 Å². The van der Waals surface area contributed by atoms with Crippen molar-refractivity contribution in [2.45, 2.75) is 6.92 Å². The average molecular weight is 371 g/mol. The number of hydrogen-bond donors (Lipinski definition) is 1. The highest BCUT2D eigenvalue weighted by Gasteiger charge is 2.13. The molecule has 0 saturated carbocycles. The molecule has 2 aromatic rings. The van der Waals surface area contributed by atoms with Gasteiger partial charge in [-0.05, 0) is 42.8 Å². The number of esters is 1. The van der Waals surface area contributed by atoms with Gasteiger partial charge in [-0.25, -0.2) is 4.79 Å². The van der Waals surface area contributed by atoms with Crippen LogP contribution in [0.15, 0.2) is 48.7 Å². The Hall–Kier alpha value is -1.68. The van der Waals surface area contributed by atoms with E-state index in [9.17, 15) is 4.79 Å². The molecule has 0 fully saturated rings. The molecule has 0 spiro atoms. The van der Waals surface area contributed by atoms with Crippen molar-refractivity contribution in [3.05, 3.63) is 69.3 Å². The van der Waals surface area contributed by atoms with Crippen molar-refractivity contribution in [2.75, 3.05) is 11.9 Å². The van der Waals surface area contributed by atoms with E-state index < -0.39 is 5.97 Å². The van der Waals surface area contributed by atoms with Gasteiger partial charge in [-0.2, -0.15) is 0 Å². The lowest BCUT2D eigenvalue weighted by atomic mass is 10.1. The Bertz CT molecular complexity index is 707. The smallest absolute Gasteiger partial charge is 0.340 e. The maximum Gasteiger partial charge on any atom is 0.340 e. The second kappa shape index (κ2) is 8.25. The van der Waals surface area contributed by atoms with Gasteiger partial charge in [0.05, 0.1) is 12.2 Å². The highest BCUT2D eigenvalue weighted by atomic mass is 35.5. The number of nitrogens with one attached hydrogen (secondary N) is 1. The third kappa shape index (κ3) is 5.17. The number of carbonyl (C=O) groups excluding carboxylic acids is 1. The van der Waals surface area contributed by atoms with Crippen LogP contribution in [0.2, 0.25) is 15.1 Å². The molecule has 0 aliphatic heterocycles. The zero-order chi connectivity index (χ0) is 16.8. The summed E-state index contributed by atoms with van der Waals surface area (Å²) in [6.45, 7) is 2.04. The zero-order valence-electron chi connectivity index (χ0n) is 12.3. The van der Waals surface area contributed by atoms with Crippen LogP contribution in [0.5, 0.6) is 0 Å². The molecule has 0 aromatic heterocycles. The number of anilines is 1. The van der Waals surface area contributed by atoms with Gasteiger partial charge in [0.15, 0.2) is 0 Å². The van der Waals surface area contributed by atoms with Gasteiger partial charge in [-0.15, -0.1) is 0 Å². The molecule has 3 nitrogen and oxygen atoms in total. The zero-order valence-corrected chi connectivity index (χ0v) is 14.5. The van der Waals surface area contributed by atoms with E-state index in [1.165, 1.54) is 0 Å². The van der Waals surface area contributed by atoms with Gasteiger partial charge in [0.2, 0.25) is 0 Å². The van der Waals surface area contributed by atoms with Gasteiger partial charge in [0.1, 0.15) is 0 Å². The van der Waals surface area contributed by atoms with Gasteiger partial charge in [0.25, 0.3) is 0 Å². The molecular weight excluding hydrogens is 357 g/mol. The Morgan fingerprint density at radius 1 is 1.04 bits per heavy atom. The van der Waals surface area contributed by atoms with Crippen molar-refractivity contribution in [3.8, 4) is 0 Å². The SMILES string of the molecule is CCOC(=O)/C(=C\Nc1cc(Cl)cc(Cl)c1)c1ccc(Cl)cc1. The Balaban J connectivity index is 2.32.